The lowest BCUT2D eigenvalue weighted by atomic mass is 9.94. The second kappa shape index (κ2) is 8.31. The monoisotopic (exact) mass is 343 g/mol. The summed E-state index contributed by atoms with van der Waals surface area (Å²) < 4.78 is 10.2. The maximum atomic E-state index is 12.5. The van der Waals surface area contributed by atoms with E-state index < -0.39 is 12.0 Å². The smallest absolute Gasteiger partial charge is 0.338 e. The zero-order chi connectivity index (χ0) is 18.4. The first-order chi connectivity index (χ1) is 12.0. The average molecular weight is 343 g/mol. The van der Waals surface area contributed by atoms with E-state index in [9.17, 15) is 9.59 Å². The number of carbonyl (C=O) groups is 2. The predicted molar refractivity (Wildman–Crippen MR) is 90.3 cm³/mol. The van der Waals surface area contributed by atoms with E-state index in [-0.39, 0.29) is 12.6 Å². The number of urea groups is 1. The van der Waals surface area contributed by atoms with Crippen molar-refractivity contribution >= 4 is 12.0 Å². The molecule has 0 bridgehead atoms. The van der Waals surface area contributed by atoms with Crippen LogP contribution in [-0.4, -0.2) is 43.8 Å². The number of esters is 1. The second-order valence-electron chi connectivity index (χ2n) is 5.48. The maximum Gasteiger partial charge on any atom is 0.338 e. The summed E-state index contributed by atoms with van der Waals surface area (Å²) in [4.78, 5) is 26.5. The molecule has 0 fully saturated rings. The third-order valence-electron chi connectivity index (χ3n) is 3.96. The highest BCUT2D eigenvalue weighted by Gasteiger charge is 2.36. The molecular formula is C18H21N3O4. The zero-order valence-corrected chi connectivity index (χ0v) is 14.5. The average Bonchev–Trinajstić information content (AvgIpc) is 2.61. The van der Waals surface area contributed by atoms with Gasteiger partial charge in [0.15, 0.2) is 0 Å². The summed E-state index contributed by atoms with van der Waals surface area (Å²) in [6, 6.07) is 7.88. The predicted octanol–water partition coefficient (Wildman–Crippen LogP) is 2.11. The van der Waals surface area contributed by atoms with Gasteiger partial charge in [0.05, 0.1) is 43.0 Å². The van der Waals surface area contributed by atoms with Gasteiger partial charge in [0, 0.05) is 12.8 Å². The number of nitrogens with zero attached hydrogens (tertiary/aromatic N) is 2. The summed E-state index contributed by atoms with van der Waals surface area (Å²) in [7, 11) is 1.54. The zero-order valence-electron chi connectivity index (χ0n) is 14.5. The maximum absolute atomic E-state index is 12.5. The molecule has 1 aromatic carbocycles. The molecule has 0 aromatic heterocycles. The molecule has 1 heterocycles. The molecule has 2 amide bonds. The quantitative estimate of drug-likeness (QED) is 0.799. The van der Waals surface area contributed by atoms with E-state index >= 15 is 0 Å². The Kier molecular flexibility index (Phi) is 6.14. The Morgan fingerprint density at radius 1 is 1.44 bits per heavy atom. The molecule has 0 aliphatic carbocycles. The lowest BCUT2D eigenvalue weighted by Gasteiger charge is -2.35. The summed E-state index contributed by atoms with van der Waals surface area (Å²) in [6.07, 6.45) is 0. The van der Waals surface area contributed by atoms with Gasteiger partial charge >= 0.3 is 12.0 Å². The number of benzene rings is 1. The molecule has 0 saturated carbocycles. The largest absolute Gasteiger partial charge is 0.463 e. The summed E-state index contributed by atoms with van der Waals surface area (Å²) in [5.41, 5.74) is 1.98. The minimum atomic E-state index is -0.668. The molecule has 1 aliphatic heterocycles. The van der Waals surface area contributed by atoms with Crippen LogP contribution in [0.25, 0.3) is 0 Å². The minimum absolute atomic E-state index is 0.229. The molecule has 1 unspecified atom stereocenters. The number of nitriles is 1. The summed E-state index contributed by atoms with van der Waals surface area (Å²) in [5.74, 6) is -0.491. The van der Waals surface area contributed by atoms with E-state index in [0.717, 1.165) is 0 Å². The van der Waals surface area contributed by atoms with Crippen LogP contribution in [0, 0.1) is 11.3 Å². The Balaban J connectivity index is 2.50. The summed E-state index contributed by atoms with van der Waals surface area (Å²) in [6.45, 7) is 4.33. The highest BCUT2D eigenvalue weighted by molar-refractivity contribution is 5.95. The number of nitrogens with one attached hydrogen (secondary N) is 1. The molecule has 1 N–H and O–H groups in total. The SMILES string of the molecule is CCOC(=O)C1=C(C)N(CCOC)C(=O)NC1c1cccc(C#N)c1. The Bertz CT molecular complexity index is 736. The van der Waals surface area contributed by atoms with Crippen LogP contribution in [0.5, 0.6) is 0 Å². The minimum Gasteiger partial charge on any atom is -0.463 e. The molecule has 25 heavy (non-hydrogen) atoms. The lowest BCUT2D eigenvalue weighted by Crippen LogP contribution is -2.49. The van der Waals surface area contributed by atoms with Crippen LogP contribution in [0.15, 0.2) is 35.5 Å². The van der Waals surface area contributed by atoms with Crippen LogP contribution in [-0.2, 0) is 14.3 Å². The Labute approximate surface area is 146 Å². The fourth-order valence-corrected chi connectivity index (χ4v) is 2.74. The van der Waals surface area contributed by atoms with Crippen LogP contribution in [0.1, 0.15) is 31.0 Å². The van der Waals surface area contributed by atoms with E-state index in [1.807, 2.05) is 0 Å². The normalized spacial score (nSPS) is 17.1. The van der Waals surface area contributed by atoms with Gasteiger partial charge in [0.2, 0.25) is 0 Å². The Morgan fingerprint density at radius 3 is 2.84 bits per heavy atom. The van der Waals surface area contributed by atoms with Crippen LogP contribution in [0.3, 0.4) is 0 Å². The molecule has 132 valence electrons. The Morgan fingerprint density at radius 2 is 2.20 bits per heavy atom. The number of hydrogen-bond acceptors (Lipinski definition) is 5. The van der Waals surface area contributed by atoms with Crippen molar-refractivity contribution in [2.45, 2.75) is 19.9 Å². The highest BCUT2D eigenvalue weighted by Crippen LogP contribution is 2.31. The number of allylic oxidation sites excluding steroid dienone is 1. The fraction of sp³-hybridized carbons (Fsp3) is 0.389. The van der Waals surface area contributed by atoms with Gasteiger partial charge in [-0.05, 0) is 31.5 Å². The number of hydrogen-bond donors (Lipinski definition) is 1. The molecule has 0 radical (unpaired) electrons. The standard InChI is InChI=1S/C18H21N3O4/c1-4-25-17(22)15-12(2)21(8-9-24-3)18(23)20-16(15)14-7-5-6-13(10-14)11-19/h5-7,10,16H,4,8-9H2,1-3H3,(H,20,23). The van der Waals surface area contributed by atoms with Gasteiger partial charge in [-0.1, -0.05) is 12.1 Å². The molecular weight excluding hydrogens is 322 g/mol. The molecule has 1 aliphatic rings. The van der Waals surface area contributed by atoms with Crippen molar-refractivity contribution in [3.05, 3.63) is 46.7 Å². The van der Waals surface area contributed by atoms with E-state index in [1.165, 1.54) is 4.90 Å². The molecule has 7 heteroatoms. The van der Waals surface area contributed by atoms with Crippen molar-refractivity contribution in [1.82, 2.24) is 10.2 Å². The van der Waals surface area contributed by atoms with Gasteiger partial charge < -0.3 is 14.8 Å². The van der Waals surface area contributed by atoms with E-state index in [1.54, 1.807) is 45.2 Å². The fourth-order valence-electron chi connectivity index (χ4n) is 2.74. The van der Waals surface area contributed by atoms with Crippen molar-refractivity contribution in [1.29, 1.82) is 5.26 Å². The van der Waals surface area contributed by atoms with Gasteiger partial charge in [0.1, 0.15) is 0 Å². The van der Waals surface area contributed by atoms with Crippen molar-refractivity contribution in [2.75, 3.05) is 26.9 Å². The number of ether oxygens (including phenoxy) is 2. The molecule has 1 atom stereocenters. The number of rotatable bonds is 6. The lowest BCUT2D eigenvalue weighted by molar-refractivity contribution is -0.139. The first-order valence-electron chi connectivity index (χ1n) is 7.98. The molecule has 7 nitrogen and oxygen atoms in total. The van der Waals surface area contributed by atoms with Crippen molar-refractivity contribution in [2.24, 2.45) is 0 Å². The van der Waals surface area contributed by atoms with Gasteiger partial charge in [-0.15, -0.1) is 0 Å². The van der Waals surface area contributed by atoms with Gasteiger partial charge in [-0.3, -0.25) is 4.90 Å². The van der Waals surface area contributed by atoms with Crippen molar-refractivity contribution in [3.63, 3.8) is 0 Å². The first kappa shape index (κ1) is 18.5. The van der Waals surface area contributed by atoms with Crippen LogP contribution in [0.2, 0.25) is 0 Å². The van der Waals surface area contributed by atoms with Gasteiger partial charge in [0.25, 0.3) is 0 Å². The third kappa shape index (κ3) is 3.98. The number of amides is 2. The van der Waals surface area contributed by atoms with Crippen molar-refractivity contribution in [3.8, 4) is 6.07 Å². The van der Waals surface area contributed by atoms with Crippen LogP contribution >= 0.6 is 0 Å². The first-order valence-corrected chi connectivity index (χ1v) is 7.98. The molecule has 0 saturated heterocycles. The molecule has 2 rings (SSSR count). The van der Waals surface area contributed by atoms with Crippen LogP contribution < -0.4 is 5.32 Å². The number of methoxy groups -OCH3 is 1. The molecule has 1 aromatic rings. The highest BCUT2D eigenvalue weighted by atomic mass is 16.5. The number of carbonyl (C=O) groups excluding carboxylic acids is 2. The summed E-state index contributed by atoms with van der Waals surface area (Å²) >= 11 is 0. The Hall–Kier alpha value is -2.85. The van der Waals surface area contributed by atoms with Crippen LogP contribution in [0.4, 0.5) is 4.79 Å². The third-order valence-corrected chi connectivity index (χ3v) is 3.96. The molecule has 0 spiro atoms. The van der Waals surface area contributed by atoms with Gasteiger partial charge in [-0.25, -0.2) is 9.59 Å². The summed E-state index contributed by atoms with van der Waals surface area (Å²) in [5, 5.41) is 11.9. The van der Waals surface area contributed by atoms with E-state index in [4.69, 9.17) is 14.7 Å². The van der Waals surface area contributed by atoms with Gasteiger partial charge in [-0.2, -0.15) is 5.26 Å². The van der Waals surface area contributed by atoms with Crippen molar-refractivity contribution < 1.29 is 19.1 Å². The second-order valence-corrected chi connectivity index (χ2v) is 5.48. The van der Waals surface area contributed by atoms with E-state index in [2.05, 4.69) is 11.4 Å². The topological polar surface area (TPSA) is 91.7 Å². The van der Waals surface area contributed by atoms with E-state index in [0.29, 0.717) is 35.5 Å².